The lowest BCUT2D eigenvalue weighted by molar-refractivity contribution is -0.122. The third-order valence-electron chi connectivity index (χ3n) is 5.11. The van der Waals surface area contributed by atoms with Crippen LogP contribution in [0.4, 0.5) is 10.5 Å². The van der Waals surface area contributed by atoms with E-state index in [1.165, 1.54) is 6.08 Å². The maximum Gasteiger partial charge on any atom is 0.335 e. The van der Waals surface area contributed by atoms with Gasteiger partial charge in [0, 0.05) is 10.6 Å². The Morgan fingerprint density at radius 3 is 2.23 bits per heavy atom. The largest absolute Gasteiger partial charge is 0.491 e. The predicted octanol–water partition coefficient (Wildman–Crippen LogP) is 5.37. The summed E-state index contributed by atoms with van der Waals surface area (Å²) in [6.45, 7) is 4.11. The summed E-state index contributed by atoms with van der Waals surface area (Å²) in [7, 11) is 0. The van der Waals surface area contributed by atoms with Crippen LogP contribution in [0.2, 0.25) is 5.02 Å². The molecule has 0 saturated carbocycles. The van der Waals surface area contributed by atoms with Gasteiger partial charge in [-0.1, -0.05) is 41.9 Å². The molecule has 35 heavy (non-hydrogen) atoms. The lowest BCUT2D eigenvalue weighted by atomic mass is 10.1. The van der Waals surface area contributed by atoms with Crippen molar-refractivity contribution >= 4 is 41.2 Å². The number of hydrogen-bond acceptors (Lipinski definition) is 5. The first-order chi connectivity index (χ1) is 16.8. The van der Waals surface area contributed by atoms with Crippen molar-refractivity contribution < 1.29 is 23.9 Å². The van der Waals surface area contributed by atoms with Crippen molar-refractivity contribution in [2.24, 2.45) is 0 Å². The van der Waals surface area contributed by atoms with E-state index in [0.29, 0.717) is 27.8 Å². The van der Waals surface area contributed by atoms with Crippen LogP contribution in [0.3, 0.4) is 0 Å². The molecule has 0 aliphatic carbocycles. The molecule has 0 aromatic heterocycles. The molecule has 4 amide bonds. The molecule has 1 N–H and O–H groups in total. The van der Waals surface area contributed by atoms with E-state index in [2.05, 4.69) is 5.32 Å². The fourth-order valence-electron chi connectivity index (χ4n) is 3.44. The molecule has 3 aromatic rings. The molecule has 8 heteroatoms. The molecule has 4 rings (SSSR count). The van der Waals surface area contributed by atoms with Crippen molar-refractivity contribution in [2.45, 2.75) is 26.6 Å². The molecule has 1 saturated heterocycles. The quantitative estimate of drug-likeness (QED) is 0.355. The van der Waals surface area contributed by atoms with Crippen molar-refractivity contribution in [1.29, 1.82) is 0 Å². The second-order valence-electron chi connectivity index (χ2n) is 8.07. The van der Waals surface area contributed by atoms with Crippen LogP contribution < -0.4 is 19.7 Å². The third kappa shape index (κ3) is 5.70. The molecule has 1 heterocycles. The van der Waals surface area contributed by atoms with E-state index < -0.39 is 17.8 Å². The number of urea groups is 1. The second kappa shape index (κ2) is 10.4. The van der Waals surface area contributed by atoms with Crippen molar-refractivity contribution in [3.05, 3.63) is 94.5 Å². The Hall–Kier alpha value is -4.10. The van der Waals surface area contributed by atoms with E-state index in [4.69, 9.17) is 21.1 Å². The number of benzene rings is 3. The molecule has 1 aliphatic rings. The van der Waals surface area contributed by atoms with E-state index in [1.54, 1.807) is 54.6 Å². The molecule has 0 unspecified atom stereocenters. The first-order valence-corrected chi connectivity index (χ1v) is 11.3. The van der Waals surface area contributed by atoms with Crippen molar-refractivity contribution in [1.82, 2.24) is 5.32 Å². The van der Waals surface area contributed by atoms with Crippen molar-refractivity contribution in [2.75, 3.05) is 4.90 Å². The molecule has 178 valence electrons. The Kier molecular flexibility index (Phi) is 7.17. The summed E-state index contributed by atoms with van der Waals surface area (Å²) < 4.78 is 11.4. The van der Waals surface area contributed by atoms with E-state index in [-0.39, 0.29) is 18.3 Å². The van der Waals surface area contributed by atoms with Gasteiger partial charge in [0.15, 0.2) is 0 Å². The number of amides is 4. The molecular formula is C27H23ClN2O5. The number of ether oxygens (including phenoxy) is 2. The Balaban J connectivity index is 1.50. The number of nitrogens with zero attached hydrogens (tertiary/aromatic N) is 1. The molecule has 3 aromatic carbocycles. The van der Waals surface area contributed by atoms with Gasteiger partial charge in [0.05, 0.1) is 11.8 Å². The first-order valence-electron chi connectivity index (χ1n) is 11.0. The van der Waals surface area contributed by atoms with E-state index in [0.717, 1.165) is 10.5 Å². The average molecular weight is 491 g/mol. The van der Waals surface area contributed by atoms with Crippen LogP contribution in [0.25, 0.3) is 6.08 Å². The Bertz CT molecular complexity index is 1280. The summed E-state index contributed by atoms with van der Waals surface area (Å²) in [5, 5.41) is 2.82. The number of carbonyl (C=O) groups is 3. The third-order valence-corrected chi connectivity index (χ3v) is 5.48. The first kappa shape index (κ1) is 24.0. The molecule has 0 atom stereocenters. The molecule has 0 spiro atoms. The molecule has 0 radical (unpaired) electrons. The van der Waals surface area contributed by atoms with Crippen molar-refractivity contribution in [3.63, 3.8) is 0 Å². The summed E-state index contributed by atoms with van der Waals surface area (Å²) in [6.07, 6.45) is 1.47. The van der Waals surface area contributed by atoms with Crippen LogP contribution >= 0.6 is 11.6 Å². The predicted molar refractivity (Wildman–Crippen MR) is 133 cm³/mol. The maximum atomic E-state index is 13.1. The zero-order valence-corrected chi connectivity index (χ0v) is 19.9. The highest BCUT2D eigenvalue weighted by molar-refractivity contribution is 6.39. The number of halogens is 1. The van der Waals surface area contributed by atoms with Gasteiger partial charge in [0.1, 0.15) is 23.7 Å². The fraction of sp³-hybridized carbons (Fsp3) is 0.148. The van der Waals surface area contributed by atoms with Crippen LogP contribution in [0.1, 0.15) is 25.0 Å². The van der Waals surface area contributed by atoms with Gasteiger partial charge in [-0.05, 0) is 68.0 Å². The summed E-state index contributed by atoms with van der Waals surface area (Å²) >= 11 is 6.15. The summed E-state index contributed by atoms with van der Waals surface area (Å²) in [5.74, 6) is -0.256. The van der Waals surface area contributed by atoms with Gasteiger partial charge in [-0.2, -0.15) is 0 Å². The van der Waals surface area contributed by atoms with E-state index in [1.807, 2.05) is 32.0 Å². The van der Waals surface area contributed by atoms with Gasteiger partial charge < -0.3 is 9.47 Å². The Morgan fingerprint density at radius 1 is 0.914 bits per heavy atom. The molecular weight excluding hydrogens is 468 g/mol. The van der Waals surface area contributed by atoms with Gasteiger partial charge >= 0.3 is 6.03 Å². The van der Waals surface area contributed by atoms with Crippen LogP contribution in [-0.4, -0.2) is 23.9 Å². The lowest BCUT2D eigenvalue weighted by Crippen LogP contribution is -2.54. The van der Waals surface area contributed by atoms with Gasteiger partial charge in [-0.15, -0.1) is 0 Å². The highest BCUT2D eigenvalue weighted by atomic mass is 35.5. The second-order valence-corrected chi connectivity index (χ2v) is 8.47. The molecule has 0 bridgehead atoms. The zero-order valence-electron chi connectivity index (χ0n) is 19.2. The number of imide groups is 2. The minimum absolute atomic E-state index is 0.0254. The van der Waals surface area contributed by atoms with Crippen molar-refractivity contribution in [3.8, 4) is 11.5 Å². The van der Waals surface area contributed by atoms with Gasteiger partial charge in [0.25, 0.3) is 11.8 Å². The lowest BCUT2D eigenvalue weighted by Gasteiger charge is -2.26. The van der Waals surface area contributed by atoms with Gasteiger partial charge in [-0.25, -0.2) is 9.69 Å². The molecule has 7 nitrogen and oxygen atoms in total. The molecule has 1 aliphatic heterocycles. The number of rotatable bonds is 7. The van der Waals surface area contributed by atoms with E-state index >= 15 is 0 Å². The number of carbonyl (C=O) groups excluding carboxylic acids is 3. The smallest absolute Gasteiger partial charge is 0.335 e. The topological polar surface area (TPSA) is 84.9 Å². The van der Waals surface area contributed by atoms with E-state index in [9.17, 15) is 14.4 Å². The monoisotopic (exact) mass is 490 g/mol. The number of hydrogen-bond donors (Lipinski definition) is 1. The fourth-order valence-corrected chi connectivity index (χ4v) is 3.63. The highest BCUT2D eigenvalue weighted by Gasteiger charge is 2.36. The van der Waals surface area contributed by atoms with Crippen LogP contribution in [0.15, 0.2) is 78.4 Å². The molecule has 1 fully saturated rings. The summed E-state index contributed by atoms with van der Waals surface area (Å²) in [4.78, 5) is 38.9. The Morgan fingerprint density at radius 2 is 1.57 bits per heavy atom. The maximum absolute atomic E-state index is 13.1. The minimum atomic E-state index is -0.817. The standard InChI is InChI=1S/C27H23ClN2O5/c1-17(2)35-22-11-7-18(8-12-22)15-23-25(31)29-27(33)30(26(23)32)20-9-13-21(14-10-20)34-16-19-5-3-4-6-24(19)28/h3-15,17H,16H2,1-2H3,(H,29,31,33)/b23-15+. The number of anilines is 1. The highest BCUT2D eigenvalue weighted by Crippen LogP contribution is 2.26. The van der Waals surface area contributed by atoms with Gasteiger partial charge in [0.2, 0.25) is 0 Å². The number of barbiturate groups is 1. The SMILES string of the molecule is CC(C)Oc1ccc(/C=C2\C(=O)NC(=O)N(c3ccc(OCc4ccccc4Cl)cc3)C2=O)cc1. The Labute approximate surface area is 207 Å². The van der Waals surface area contributed by atoms with Crippen LogP contribution in [0.5, 0.6) is 11.5 Å². The summed E-state index contributed by atoms with van der Waals surface area (Å²) in [6, 6.07) is 19.9. The summed E-state index contributed by atoms with van der Waals surface area (Å²) in [5.41, 5.74) is 1.61. The zero-order chi connectivity index (χ0) is 24.9. The normalized spacial score (nSPS) is 14.9. The number of nitrogens with one attached hydrogen (secondary N) is 1. The average Bonchev–Trinajstić information content (AvgIpc) is 2.83. The van der Waals surface area contributed by atoms with Crippen LogP contribution in [0, 0.1) is 0 Å². The van der Waals surface area contributed by atoms with Crippen LogP contribution in [-0.2, 0) is 16.2 Å². The van der Waals surface area contributed by atoms with Gasteiger partial charge in [-0.3, -0.25) is 14.9 Å². The minimum Gasteiger partial charge on any atom is -0.491 e.